The van der Waals surface area contributed by atoms with E-state index in [1.54, 1.807) is 7.11 Å². The van der Waals surface area contributed by atoms with Crippen molar-refractivity contribution in [3.63, 3.8) is 0 Å². The second-order valence-electron chi connectivity index (χ2n) is 5.78. The predicted octanol–water partition coefficient (Wildman–Crippen LogP) is 4.05. The van der Waals surface area contributed by atoms with Crippen LogP contribution in [0.15, 0.2) is 60.2 Å². The molecular weight excluding hydrogens is 284 g/mol. The van der Waals surface area contributed by atoms with Gasteiger partial charge in [-0.3, -0.25) is 0 Å². The van der Waals surface area contributed by atoms with Gasteiger partial charge in [0.15, 0.2) is 0 Å². The normalized spacial score (nSPS) is 21.7. The highest BCUT2D eigenvalue weighted by molar-refractivity contribution is 5.60. The summed E-state index contributed by atoms with van der Waals surface area (Å²) >= 11 is 0. The molecule has 0 bridgehead atoms. The molecule has 1 saturated carbocycles. The van der Waals surface area contributed by atoms with Crippen LogP contribution in [0, 0.1) is 11.8 Å². The minimum absolute atomic E-state index is 0.683. The topological polar surface area (TPSA) is 29.5 Å². The first kappa shape index (κ1) is 15.4. The molecule has 1 atom stereocenters. The standard InChI is InChI=1S/C21H20O2/c1-23-20-11-5-9-18(16-20)15-19-10-6-13-21(19,22)14-12-17-7-3-2-4-8-17/h2-5,7-9,11,15-16,22H,6,10,13H2,1H3. The van der Waals surface area contributed by atoms with Gasteiger partial charge in [0.05, 0.1) is 7.11 Å². The van der Waals surface area contributed by atoms with E-state index in [0.29, 0.717) is 6.42 Å². The van der Waals surface area contributed by atoms with Crippen LogP contribution in [-0.2, 0) is 0 Å². The molecule has 0 saturated heterocycles. The van der Waals surface area contributed by atoms with Crippen LogP contribution in [0.5, 0.6) is 5.75 Å². The zero-order chi connectivity index (χ0) is 16.1. The third kappa shape index (κ3) is 3.64. The molecule has 3 rings (SSSR count). The maximum atomic E-state index is 10.9. The Morgan fingerprint density at radius 1 is 1.13 bits per heavy atom. The Labute approximate surface area is 137 Å². The summed E-state index contributed by atoms with van der Waals surface area (Å²) in [6, 6.07) is 17.6. The smallest absolute Gasteiger partial charge is 0.147 e. The predicted molar refractivity (Wildman–Crippen MR) is 93.1 cm³/mol. The van der Waals surface area contributed by atoms with Crippen LogP contribution in [0.25, 0.3) is 6.08 Å². The summed E-state index contributed by atoms with van der Waals surface area (Å²) in [5, 5.41) is 10.9. The summed E-state index contributed by atoms with van der Waals surface area (Å²) in [6.45, 7) is 0. The molecule has 1 fully saturated rings. The largest absolute Gasteiger partial charge is 0.497 e. The first-order valence-corrected chi connectivity index (χ1v) is 7.85. The molecule has 2 nitrogen and oxygen atoms in total. The zero-order valence-corrected chi connectivity index (χ0v) is 13.3. The van der Waals surface area contributed by atoms with Gasteiger partial charge in [-0.05, 0) is 54.7 Å². The van der Waals surface area contributed by atoms with Gasteiger partial charge in [0.25, 0.3) is 0 Å². The summed E-state index contributed by atoms with van der Waals surface area (Å²) in [6.07, 6.45) is 4.55. The first-order valence-electron chi connectivity index (χ1n) is 7.85. The van der Waals surface area contributed by atoms with Crippen LogP contribution in [-0.4, -0.2) is 17.8 Å². The molecule has 0 aliphatic heterocycles. The molecule has 1 N–H and O–H groups in total. The molecule has 23 heavy (non-hydrogen) atoms. The Balaban J connectivity index is 1.89. The highest BCUT2D eigenvalue weighted by atomic mass is 16.5. The minimum atomic E-state index is -1.03. The highest BCUT2D eigenvalue weighted by Crippen LogP contribution is 2.36. The second kappa shape index (κ2) is 6.73. The number of hydrogen-bond donors (Lipinski definition) is 1. The van der Waals surface area contributed by atoms with Crippen LogP contribution in [0.2, 0.25) is 0 Å². The molecule has 2 aromatic rings. The van der Waals surface area contributed by atoms with Crippen molar-refractivity contribution in [2.45, 2.75) is 24.9 Å². The molecular formula is C21H20O2. The van der Waals surface area contributed by atoms with Gasteiger partial charge >= 0.3 is 0 Å². The van der Waals surface area contributed by atoms with Crippen LogP contribution < -0.4 is 4.74 Å². The monoisotopic (exact) mass is 304 g/mol. The maximum absolute atomic E-state index is 10.9. The number of hydrogen-bond acceptors (Lipinski definition) is 2. The number of ether oxygens (including phenoxy) is 1. The van der Waals surface area contributed by atoms with Gasteiger partial charge in [-0.15, -0.1) is 0 Å². The molecule has 0 spiro atoms. The molecule has 0 aromatic heterocycles. The number of methoxy groups -OCH3 is 1. The lowest BCUT2D eigenvalue weighted by Gasteiger charge is -2.17. The Bertz CT molecular complexity index is 765. The van der Waals surface area contributed by atoms with E-state index < -0.39 is 5.60 Å². The summed E-state index contributed by atoms with van der Waals surface area (Å²) in [5.74, 6) is 7.00. The molecule has 0 amide bonds. The van der Waals surface area contributed by atoms with Crippen molar-refractivity contribution in [3.05, 3.63) is 71.3 Å². The fraction of sp³-hybridized carbons (Fsp3) is 0.238. The summed E-state index contributed by atoms with van der Waals surface area (Å²) in [4.78, 5) is 0. The van der Waals surface area contributed by atoms with E-state index in [4.69, 9.17) is 4.74 Å². The minimum Gasteiger partial charge on any atom is -0.497 e. The van der Waals surface area contributed by atoms with Crippen molar-refractivity contribution in [1.29, 1.82) is 0 Å². The Morgan fingerprint density at radius 3 is 2.74 bits per heavy atom. The molecule has 2 aromatic carbocycles. The van der Waals surface area contributed by atoms with Crippen LogP contribution >= 0.6 is 0 Å². The van der Waals surface area contributed by atoms with E-state index in [0.717, 1.165) is 35.3 Å². The van der Waals surface area contributed by atoms with E-state index in [1.807, 2.05) is 60.7 Å². The van der Waals surface area contributed by atoms with Gasteiger partial charge in [0.2, 0.25) is 0 Å². The Kier molecular flexibility index (Phi) is 4.50. The average Bonchev–Trinajstić information content (AvgIpc) is 2.95. The number of benzene rings is 2. The lowest BCUT2D eigenvalue weighted by atomic mass is 9.95. The zero-order valence-electron chi connectivity index (χ0n) is 13.3. The number of rotatable bonds is 2. The van der Waals surface area contributed by atoms with Crippen molar-refractivity contribution in [3.8, 4) is 17.6 Å². The van der Waals surface area contributed by atoms with Gasteiger partial charge in [-0.1, -0.05) is 48.2 Å². The molecule has 0 heterocycles. The molecule has 1 unspecified atom stereocenters. The molecule has 2 heteroatoms. The van der Waals surface area contributed by atoms with Crippen LogP contribution in [0.3, 0.4) is 0 Å². The van der Waals surface area contributed by atoms with Gasteiger partial charge in [0, 0.05) is 5.56 Å². The molecule has 1 aliphatic carbocycles. The SMILES string of the molecule is COc1cccc(C=C2CCCC2(O)C#Cc2ccccc2)c1. The lowest BCUT2D eigenvalue weighted by molar-refractivity contribution is 0.148. The third-order valence-corrected chi connectivity index (χ3v) is 4.14. The fourth-order valence-electron chi connectivity index (χ4n) is 2.87. The molecule has 116 valence electrons. The molecule has 0 radical (unpaired) electrons. The fourth-order valence-corrected chi connectivity index (χ4v) is 2.87. The summed E-state index contributed by atoms with van der Waals surface area (Å²) in [7, 11) is 1.66. The number of aliphatic hydroxyl groups is 1. The van der Waals surface area contributed by atoms with E-state index in [9.17, 15) is 5.11 Å². The van der Waals surface area contributed by atoms with Gasteiger partial charge < -0.3 is 9.84 Å². The van der Waals surface area contributed by atoms with Crippen molar-refractivity contribution in [2.75, 3.05) is 7.11 Å². The van der Waals surface area contributed by atoms with Crippen LogP contribution in [0.4, 0.5) is 0 Å². The first-order chi connectivity index (χ1) is 11.2. The lowest BCUT2D eigenvalue weighted by Crippen LogP contribution is -2.23. The Hall–Kier alpha value is -2.50. The third-order valence-electron chi connectivity index (χ3n) is 4.14. The van der Waals surface area contributed by atoms with E-state index >= 15 is 0 Å². The van der Waals surface area contributed by atoms with Crippen molar-refractivity contribution >= 4 is 6.08 Å². The Morgan fingerprint density at radius 2 is 1.96 bits per heavy atom. The van der Waals surface area contributed by atoms with E-state index in [-0.39, 0.29) is 0 Å². The second-order valence-corrected chi connectivity index (χ2v) is 5.78. The van der Waals surface area contributed by atoms with Gasteiger partial charge in [0.1, 0.15) is 11.4 Å². The highest BCUT2D eigenvalue weighted by Gasteiger charge is 2.34. The van der Waals surface area contributed by atoms with E-state index in [1.165, 1.54) is 0 Å². The van der Waals surface area contributed by atoms with Crippen molar-refractivity contribution < 1.29 is 9.84 Å². The van der Waals surface area contributed by atoms with Crippen molar-refractivity contribution in [2.24, 2.45) is 0 Å². The quantitative estimate of drug-likeness (QED) is 0.848. The summed E-state index contributed by atoms with van der Waals surface area (Å²) < 4.78 is 5.26. The van der Waals surface area contributed by atoms with Gasteiger partial charge in [-0.25, -0.2) is 0 Å². The van der Waals surface area contributed by atoms with E-state index in [2.05, 4.69) is 11.8 Å². The van der Waals surface area contributed by atoms with Crippen LogP contribution in [0.1, 0.15) is 30.4 Å². The average molecular weight is 304 g/mol. The maximum Gasteiger partial charge on any atom is 0.147 e. The molecule has 1 aliphatic rings. The summed E-state index contributed by atoms with van der Waals surface area (Å²) in [5.41, 5.74) is 1.91. The van der Waals surface area contributed by atoms with Gasteiger partial charge in [-0.2, -0.15) is 0 Å². The van der Waals surface area contributed by atoms with Crippen molar-refractivity contribution in [1.82, 2.24) is 0 Å².